The Labute approximate surface area is 125 Å². The van der Waals surface area contributed by atoms with Gasteiger partial charge < -0.3 is 0 Å². The monoisotopic (exact) mass is 271 g/mol. The molecule has 4 rings (SSSR count). The molecule has 1 aliphatic carbocycles. The Morgan fingerprint density at radius 2 is 1.95 bits per heavy atom. The Bertz CT molecular complexity index is 853. The second-order valence-electron chi connectivity index (χ2n) is 5.75. The summed E-state index contributed by atoms with van der Waals surface area (Å²) < 4.78 is 0. The van der Waals surface area contributed by atoms with E-state index in [0.29, 0.717) is 0 Å². The van der Waals surface area contributed by atoms with Crippen LogP contribution in [0.1, 0.15) is 28.7 Å². The lowest BCUT2D eigenvalue weighted by Crippen LogP contribution is -1.84. The molecule has 2 aromatic carbocycles. The van der Waals surface area contributed by atoms with E-state index in [1.54, 1.807) is 0 Å². The van der Waals surface area contributed by atoms with E-state index in [4.69, 9.17) is 0 Å². The highest BCUT2D eigenvalue weighted by Crippen LogP contribution is 2.35. The van der Waals surface area contributed by atoms with Crippen LogP contribution in [-0.4, -0.2) is 4.98 Å². The molecule has 1 aliphatic rings. The first-order chi connectivity index (χ1) is 10.3. The Morgan fingerprint density at radius 1 is 1.00 bits per heavy atom. The highest BCUT2D eigenvalue weighted by molar-refractivity contribution is 5.95. The van der Waals surface area contributed by atoms with Crippen LogP contribution in [-0.2, 0) is 6.42 Å². The lowest BCUT2D eigenvalue weighted by Gasteiger charge is -2.05. The van der Waals surface area contributed by atoms with Crippen LogP contribution in [0, 0.1) is 6.92 Å². The first-order valence-electron chi connectivity index (χ1n) is 7.45. The zero-order chi connectivity index (χ0) is 14.2. The van der Waals surface area contributed by atoms with Gasteiger partial charge in [0.05, 0.1) is 5.52 Å². The predicted octanol–water partition coefficient (Wildman–Crippen LogP) is 5.03. The van der Waals surface area contributed by atoms with Crippen LogP contribution in [0.4, 0.5) is 0 Å². The number of fused-ring (bicyclic) bond motifs is 2. The van der Waals surface area contributed by atoms with Crippen molar-refractivity contribution in [3.8, 4) is 0 Å². The van der Waals surface area contributed by atoms with Gasteiger partial charge in [-0.1, -0.05) is 48.0 Å². The molecule has 0 saturated carbocycles. The van der Waals surface area contributed by atoms with Gasteiger partial charge in [-0.15, -0.1) is 0 Å². The highest BCUT2D eigenvalue weighted by atomic mass is 14.6. The van der Waals surface area contributed by atoms with Gasteiger partial charge in [0.15, 0.2) is 0 Å². The molecule has 0 saturated heterocycles. The van der Waals surface area contributed by atoms with E-state index in [0.717, 1.165) is 18.4 Å². The number of aryl methyl sites for hydroxylation is 2. The summed E-state index contributed by atoms with van der Waals surface area (Å²) in [4.78, 5) is 4.44. The van der Waals surface area contributed by atoms with Crippen molar-refractivity contribution in [1.82, 2.24) is 4.98 Å². The van der Waals surface area contributed by atoms with Gasteiger partial charge in [0, 0.05) is 11.6 Å². The second kappa shape index (κ2) is 4.85. The zero-order valence-electron chi connectivity index (χ0n) is 12.1. The fourth-order valence-corrected chi connectivity index (χ4v) is 3.24. The summed E-state index contributed by atoms with van der Waals surface area (Å²) in [6, 6.07) is 17.3. The van der Waals surface area contributed by atoms with Gasteiger partial charge >= 0.3 is 0 Å². The molecule has 0 fully saturated rings. The van der Waals surface area contributed by atoms with Crippen LogP contribution in [0.2, 0.25) is 0 Å². The number of rotatable bonds is 1. The standard InChI is InChI=1S/C20H17N/c1-14-7-10-18-16(12-14)8-9-17(18)13-15-4-2-6-20-19(15)5-3-11-21-20/h2-7,10-13H,8-9H2,1H3. The number of benzene rings is 2. The van der Waals surface area contributed by atoms with Crippen molar-refractivity contribution < 1.29 is 0 Å². The van der Waals surface area contributed by atoms with Gasteiger partial charge in [-0.25, -0.2) is 0 Å². The molecule has 21 heavy (non-hydrogen) atoms. The fraction of sp³-hybridized carbons (Fsp3) is 0.150. The van der Waals surface area contributed by atoms with Crippen molar-refractivity contribution >= 4 is 22.6 Å². The van der Waals surface area contributed by atoms with Crippen molar-refractivity contribution in [3.05, 3.63) is 77.0 Å². The molecule has 0 unspecified atom stereocenters. The van der Waals surface area contributed by atoms with Crippen LogP contribution in [0.5, 0.6) is 0 Å². The average Bonchev–Trinajstić information content (AvgIpc) is 2.90. The molecular weight excluding hydrogens is 254 g/mol. The van der Waals surface area contributed by atoms with E-state index in [1.165, 1.54) is 33.2 Å². The summed E-state index contributed by atoms with van der Waals surface area (Å²) in [6.45, 7) is 2.17. The van der Waals surface area contributed by atoms with E-state index < -0.39 is 0 Å². The van der Waals surface area contributed by atoms with Crippen molar-refractivity contribution in [3.63, 3.8) is 0 Å². The molecule has 3 aromatic rings. The van der Waals surface area contributed by atoms with Crippen molar-refractivity contribution in [2.24, 2.45) is 0 Å². The van der Waals surface area contributed by atoms with Gasteiger partial charge in [-0.05, 0) is 54.2 Å². The van der Waals surface area contributed by atoms with E-state index >= 15 is 0 Å². The summed E-state index contributed by atoms with van der Waals surface area (Å²) in [6.07, 6.45) is 6.49. The van der Waals surface area contributed by atoms with Gasteiger partial charge in [0.2, 0.25) is 0 Å². The Hall–Kier alpha value is -2.41. The fourth-order valence-electron chi connectivity index (χ4n) is 3.24. The van der Waals surface area contributed by atoms with Crippen LogP contribution in [0.3, 0.4) is 0 Å². The molecular formula is C20H17N. The molecule has 1 heteroatoms. The number of aromatic nitrogens is 1. The van der Waals surface area contributed by atoms with E-state index in [2.05, 4.69) is 60.4 Å². The summed E-state index contributed by atoms with van der Waals surface area (Å²) in [5.41, 5.74) is 8.03. The average molecular weight is 271 g/mol. The topological polar surface area (TPSA) is 12.9 Å². The molecule has 1 heterocycles. The largest absolute Gasteiger partial charge is 0.256 e. The molecule has 1 nitrogen and oxygen atoms in total. The maximum absolute atomic E-state index is 4.44. The summed E-state index contributed by atoms with van der Waals surface area (Å²) in [7, 11) is 0. The smallest absolute Gasteiger partial charge is 0.0707 e. The van der Waals surface area contributed by atoms with Crippen LogP contribution in [0.25, 0.3) is 22.6 Å². The van der Waals surface area contributed by atoms with E-state index in [1.807, 2.05) is 12.3 Å². The number of allylic oxidation sites excluding steroid dienone is 1. The van der Waals surface area contributed by atoms with E-state index in [-0.39, 0.29) is 0 Å². The number of nitrogens with zero attached hydrogens (tertiary/aromatic N) is 1. The molecule has 0 amide bonds. The Morgan fingerprint density at radius 3 is 2.90 bits per heavy atom. The lowest BCUT2D eigenvalue weighted by molar-refractivity contribution is 1.08. The van der Waals surface area contributed by atoms with Crippen molar-refractivity contribution in [1.29, 1.82) is 0 Å². The normalized spacial score (nSPS) is 15.6. The first-order valence-corrected chi connectivity index (χ1v) is 7.45. The minimum atomic E-state index is 1.06. The summed E-state index contributed by atoms with van der Waals surface area (Å²) in [5.74, 6) is 0. The third-order valence-electron chi connectivity index (χ3n) is 4.28. The molecule has 0 atom stereocenters. The van der Waals surface area contributed by atoms with Gasteiger partial charge in [-0.3, -0.25) is 4.98 Å². The highest BCUT2D eigenvalue weighted by Gasteiger charge is 2.16. The van der Waals surface area contributed by atoms with Crippen LogP contribution >= 0.6 is 0 Å². The Balaban J connectivity index is 1.86. The van der Waals surface area contributed by atoms with Crippen molar-refractivity contribution in [2.45, 2.75) is 19.8 Å². The number of hydrogen-bond acceptors (Lipinski definition) is 1. The third kappa shape index (κ3) is 2.15. The quantitative estimate of drug-likeness (QED) is 0.605. The zero-order valence-corrected chi connectivity index (χ0v) is 12.1. The minimum absolute atomic E-state index is 1.06. The van der Waals surface area contributed by atoms with Crippen LogP contribution < -0.4 is 0 Å². The Kier molecular flexibility index (Phi) is 2.85. The minimum Gasteiger partial charge on any atom is -0.256 e. The number of hydrogen-bond donors (Lipinski definition) is 0. The molecule has 0 spiro atoms. The SMILES string of the molecule is Cc1ccc2c(c1)CCC2=Cc1cccc2ncccc12. The lowest BCUT2D eigenvalue weighted by atomic mass is 10.0. The van der Waals surface area contributed by atoms with Crippen LogP contribution in [0.15, 0.2) is 54.7 Å². The second-order valence-corrected chi connectivity index (χ2v) is 5.75. The number of pyridine rings is 1. The molecule has 102 valence electrons. The summed E-state index contributed by atoms with van der Waals surface area (Å²) >= 11 is 0. The van der Waals surface area contributed by atoms with E-state index in [9.17, 15) is 0 Å². The molecule has 0 bridgehead atoms. The predicted molar refractivity (Wildman–Crippen MR) is 89.1 cm³/mol. The molecule has 0 aliphatic heterocycles. The maximum Gasteiger partial charge on any atom is 0.0707 e. The van der Waals surface area contributed by atoms with Gasteiger partial charge in [0.1, 0.15) is 0 Å². The summed E-state index contributed by atoms with van der Waals surface area (Å²) in [5, 5.41) is 1.23. The first kappa shape index (κ1) is 12.3. The maximum atomic E-state index is 4.44. The molecule has 1 aromatic heterocycles. The third-order valence-corrected chi connectivity index (χ3v) is 4.28. The molecule has 0 N–H and O–H groups in total. The van der Waals surface area contributed by atoms with Gasteiger partial charge in [0.25, 0.3) is 0 Å². The van der Waals surface area contributed by atoms with Gasteiger partial charge in [-0.2, -0.15) is 0 Å². The molecule has 0 radical (unpaired) electrons. The van der Waals surface area contributed by atoms with Crippen molar-refractivity contribution in [2.75, 3.05) is 0 Å².